The highest BCUT2D eigenvalue weighted by molar-refractivity contribution is 5.76. The molecule has 0 unspecified atom stereocenters. The van der Waals surface area contributed by atoms with Crippen molar-refractivity contribution >= 4 is 5.91 Å². The lowest BCUT2D eigenvalue weighted by atomic mass is 10.1. The van der Waals surface area contributed by atoms with Gasteiger partial charge < -0.3 is 9.64 Å². The molecule has 5 heteroatoms. The third-order valence-corrected chi connectivity index (χ3v) is 4.88. The van der Waals surface area contributed by atoms with Crippen LogP contribution in [-0.4, -0.2) is 54.0 Å². The second-order valence-electron chi connectivity index (χ2n) is 6.71. The van der Waals surface area contributed by atoms with Gasteiger partial charge in [0.1, 0.15) is 5.75 Å². The van der Waals surface area contributed by atoms with Crippen molar-refractivity contribution in [2.45, 2.75) is 25.8 Å². The molecule has 0 spiro atoms. The van der Waals surface area contributed by atoms with Crippen molar-refractivity contribution in [1.82, 2.24) is 14.8 Å². The Morgan fingerprint density at radius 2 is 1.77 bits per heavy atom. The molecule has 1 aromatic carbocycles. The molecular weight excluding hydrogens is 326 g/mol. The summed E-state index contributed by atoms with van der Waals surface area (Å²) in [6.07, 6.45) is 6.04. The largest absolute Gasteiger partial charge is 0.497 e. The number of carbonyl (C=O) groups is 1. The molecule has 1 fully saturated rings. The fraction of sp³-hybridized carbons (Fsp3) is 0.429. The highest BCUT2D eigenvalue weighted by atomic mass is 16.5. The number of carbonyl (C=O) groups excluding carboxylic acids is 1. The van der Waals surface area contributed by atoms with Gasteiger partial charge in [0, 0.05) is 51.5 Å². The number of nitrogens with zero attached hydrogens (tertiary/aromatic N) is 3. The summed E-state index contributed by atoms with van der Waals surface area (Å²) in [4.78, 5) is 21.1. The zero-order valence-electron chi connectivity index (χ0n) is 15.4. The van der Waals surface area contributed by atoms with Crippen LogP contribution in [0.3, 0.4) is 0 Å². The molecule has 0 atom stereocenters. The Labute approximate surface area is 155 Å². The van der Waals surface area contributed by atoms with Gasteiger partial charge in [-0.05, 0) is 48.2 Å². The maximum Gasteiger partial charge on any atom is 0.222 e. The highest BCUT2D eigenvalue weighted by Gasteiger charge is 2.19. The van der Waals surface area contributed by atoms with E-state index in [9.17, 15) is 4.79 Å². The molecule has 3 rings (SSSR count). The van der Waals surface area contributed by atoms with Gasteiger partial charge in [0.15, 0.2) is 0 Å². The van der Waals surface area contributed by atoms with Gasteiger partial charge in [-0.15, -0.1) is 0 Å². The lowest BCUT2D eigenvalue weighted by molar-refractivity contribution is -0.131. The Morgan fingerprint density at radius 3 is 2.50 bits per heavy atom. The van der Waals surface area contributed by atoms with Gasteiger partial charge in [-0.3, -0.25) is 14.7 Å². The van der Waals surface area contributed by atoms with Gasteiger partial charge in [-0.1, -0.05) is 12.1 Å². The number of hydrogen-bond donors (Lipinski definition) is 0. The monoisotopic (exact) mass is 353 g/mol. The number of aromatic nitrogens is 1. The SMILES string of the molecule is COc1ccc(CCC(=O)N2CCCN(Cc3ccncc3)CC2)cc1. The normalized spacial score (nSPS) is 15.5. The van der Waals surface area contributed by atoms with Gasteiger partial charge in [0.25, 0.3) is 0 Å². The smallest absolute Gasteiger partial charge is 0.222 e. The summed E-state index contributed by atoms with van der Waals surface area (Å²) < 4.78 is 5.17. The fourth-order valence-corrected chi connectivity index (χ4v) is 3.33. The second-order valence-corrected chi connectivity index (χ2v) is 6.71. The first-order valence-corrected chi connectivity index (χ1v) is 9.26. The molecule has 1 saturated heterocycles. The molecule has 2 heterocycles. The van der Waals surface area contributed by atoms with E-state index in [1.165, 1.54) is 11.1 Å². The zero-order chi connectivity index (χ0) is 18.2. The van der Waals surface area contributed by atoms with Crippen LogP contribution in [0.1, 0.15) is 24.0 Å². The van der Waals surface area contributed by atoms with Crippen LogP contribution in [0.25, 0.3) is 0 Å². The van der Waals surface area contributed by atoms with Crippen LogP contribution in [0.4, 0.5) is 0 Å². The summed E-state index contributed by atoms with van der Waals surface area (Å²) in [6, 6.07) is 12.1. The summed E-state index contributed by atoms with van der Waals surface area (Å²) in [6.45, 7) is 4.55. The molecule has 0 bridgehead atoms. The van der Waals surface area contributed by atoms with Gasteiger partial charge in [0.05, 0.1) is 7.11 Å². The number of ether oxygens (including phenoxy) is 1. The Hall–Kier alpha value is -2.40. The van der Waals surface area contributed by atoms with Crippen molar-refractivity contribution in [1.29, 1.82) is 0 Å². The van der Waals surface area contributed by atoms with Gasteiger partial charge in [-0.25, -0.2) is 0 Å². The van der Waals surface area contributed by atoms with Crippen LogP contribution < -0.4 is 4.74 Å². The third kappa shape index (κ3) is 5.30. The molecule has 0 N–H and O–H groups in total. The van der Waals surface area contributed by atoms with E-state index < -0.39 is 0 Å². The molecule has 2 aromatic rings. The molecular formula is C21H27N3O2. The van der Waals surface area contributed by atoms with Crippen LogP contribution in [-0.2, 0) is 17.8 Å². The van der Waals surface area contributed by atoms with Crippen LogP contribution in [0.2, 0.25) is 0 Å². The average molecular weight is 353 g/mol. The van der Waals surface area contributed by atoms with E-state index in [4.69, 9.17) is 4.74 Å². The van der Waals surface area contributed by atoms with Crippen LogP contribution >= 0.6 is 0 Å². The molecule has 0 saturated carbocycles. The predicted molar refractivity (Wildman–Crippen MR) is 102 cm³/mol. The lowest BCUT2D eigenvalue weighted by Crippen LogP contribution is -2.35. The number of hydrogen-bond acceptors (Lipinski definition) is 4. The Balaban J connectivity index is 1.46. The van der Waals surface area contributed by atoms with Crippen molar-refractivity contribution in [2.24, 2.45) is 0 Å². The Morgan fingerprint density at radius 1 is 1.00 bits per heavy atom. The lowest BCUT2D eigenvalue weighted by Gasteiger charge is -2.22. The summed E-state index contributed by atoms with van der Waals surface area (Å²) >= 11 is 0. The summed E-state index contributed by atoms with van der Waals surface area (Å²) in [7, 11) is 1.66. The average Bonchev–Trinajstić information content (AvgIpc) is 2.93. The summed E-state index contributed by atoms with van der Waals surface area (Å²) in [5.41, 5.74) is 2.45. The maximum atomic E-state index is 12.6. The quantitative estimate of drug-likeness (QED) is 0.801. The number of amides is 1. The fourth-order valence-electron chi connectivity index (χ4n) is 3.33. The van der Waals surface area contributed by atoms with Crippen LogP contribution in [0, 0.1) is 0 Å². The molecule has 0 radical (unpaired) electrons. The first kappa shape index (κ1) is 18.4. The van der Waals surface area contributed by atoms with Crippen LogP contribution in [0.5, 0.6) is 5.75 Å². The number of aryl methyl sites for hydroxylation is 1. The standard InChI is InChI=1S/C21H27N3O2/c1-26-20-6-3-18(4-7-20)5-8-21(25)24-14-2-13-23(15-16-24)17-19-9-11-22-12-10-19/h3-4,6-7,9-12H,2,5,8,13-17H2,1H3. The minimum atomic E-state index is 0.256. The molecule has 5 nitrogen and oxygen atoms in total. The molecule has 1 aliphatic rings. The number of rotatable bonds is 6. The summed E-state index contributed by atoms with van der Waals surface area (Å²) in [5, 5.41) is 0. The van der Waals surface area contributed by atoms with Crippen molar-refractivity contribution < 1.29 is 9.53 Å². The van der Waals surface area contributed by atoms with Crippen LogP contribution in [0.15, 0.2) is 48.8 Å². The molecule has 1 aromatic heterocycles. The summed E-state index contributed by atoms with van der Waals surface area (Å²) in [5.74, 6) is 1.11. The number of pyridine rings is 1. The topological polar surface area (TPSA) is 45.7 Å². The zero-order valence-corrected chi connectivity index (χ0v) is 15.4. The molecule has 0 aliphatic carbocycles. The van der Waals surface area contributed by atoms with E-state index in [0.717, 1.165) is 51.3 Å². The Kier molecular flexibility index (Phi) is 6.61. The minimum absolute atomic E-state index is 0.256. The van der Waals surface area contributed by atoms with E-state index in [1.807, 2.05) is 41.6 Å². The minimum Gasteiger partial charge on any atom is -0.497 e. The van der Waals surface area contributed by atoms with Gasteiger partial charge in [0.2, 0.25) is 5.91 Å². The first-order chi connectivity index (χ1) is 12.7. The Bertz CT molecular complexity index is 688. The van der Waals surface area contributed by atoms with Crippen molar-refractivity contribution in [3.05, 3.63) is 59.9 Å². The molecule has 138 valence electrons. The molecule has 1 amide bonds. The predicted octanol–water partition coefficient (Wildman–Crippen LogP) is 2.76. The van der Waals surface area contributed by atoms with Crippen molar-refractivity contribution in [2.75, 3.05) is 33.3 Å². The third-order valence-electron chi connectivity index (χ3n) is 4.88. The van der Waals surface area contributed by atoms with E-state index in [0.29, 0.717) is 6.42 Å². The number of benzene rings is 1. The molecule has 1 aliphatic heterocycles. The highest BCUT2D eigenvalue weighted by Crippen LogP contribution is 2.14. The van der Waals surface area contributed by atoms with E-state index in [1.54, 1.807) is 7.11 Å². The first-order valence-electron chi connectivity index (χ1n) is 9.26. The number of methoxy groups -OCH3 is 1. The van der Waals surface area contributed by atoms with E-state index >= 15 is 0 Å². The van der Waals surface area contributed by atoms with E-state index in [2.05, 4.69) is 22.0 Å². The van der Waals surface area contributed by atoms with Crippen molar-refractivity contribution in [3.63, 3.8) is 0 Å². The second kappa shape index (κ2) is 9.34. The van der Waals surface area contributed by atoms with E-state index in [-0.39, 0.29) is 5.91 Å². The van der Waals surface area contributed by atoms with Gasteiger partial charge in [-0.2, -0.15) is 0 Å². The maximum absolute atomic E-state index is 12.6. The van der Waals surface area contributed by atoms with Gasteiger partial charge >= 0.3 is 0 Å². The molecule has 26 heavy (non-hydrogen) atoms. The van der Waals surface area contributed by atoms with Crippen molar-refractivity contribution in [3.8, 4) is 5.75 Å².